The van der Waals surface area contributed by atoms with Crippen LogP contribution >= 0.6 is 0 Å². The molecule has 2 aromatic heterocycles. The van der Waals surface area contributed by atoms with E-state index in [1.807, 2.05) is 72.8 Å². The number of carbonyl (C=O) groups excluding carboxylic acids is 2. The summed E-state index contributed by atoms with van der Waals surface area (Å²) in [5.41, 5.74) is 6.24. The Bertz CT molecular complexity index is 1130. The van der Waals surface area contributed by atoms with Gasteiger partial charge in [0, 0.05) is 34.6 Å². The van der Waals surface area contributed by atoms with E-state index in [2.05, 4.69) is 9.97 Å². The second kappa shape index (κ2) is 8.21. The lowest BCUT2D eigenvalue weighted by molar-refractivity contribution is 0.100. The Kier molecular flexibility index (Phi) is 5.31. The van der Waals surface area contributed by atoms with Crippen molar-refractivity contribution in [3.63, 3.8) is 0 Å². The maximum absolute atomic E-state index is 12.1. The van der Waals surface area contributed by atoms with Crippen molar-refractivity contribution in [2.75, 3.05) is 0 Å². The topological polar surface area (TPSA) is 59.9 Å². The molecule has 0 spiro atoms. The lowest BCUT2D eigenvalue weighted by Gasteiger charge is -2.16. The molecule has 4 nitrogen and oxygen atoms in total. The zero-order chi connectivity index (χ0) is 21.1. The van der Waals surface area contributed by atoms with Crippen LogP contribution in [0.1, 0.15) is 34.6 Å². The van der Waals surface area contributed by atoms with Crippen LogP contribution in [-0.4, -0.2) is 21.5 Å². The van der Waals surface area contributed by atoms with E-state index in [1.165, 1.54) is 0 Å². The van der Waals surface area contributed by atoms with Crippen molar-refractivity contribution in [1.29, 1.82) is 0 Å². The lowest BCUT2D eigenvalue weighted by atomic mass is 9.88. The molecule has 0 bridgehead atoms. The molecule has 146 valence electrons. The van der Waals surface area contributed by atoms with E-state index < -0.39 is 0 Å². The van der Waals surface area contributed by atoms with Gasteiger partial charge in [0.05, 0.1) is 11.4 Å². The van der Waals surface area contributed by atoms with Gasteiger partial charge in [-0.2, -0.15) is 0 Å². The van der Waals surface area contributed by atoms with Crippen molar-refractivity contribution in [3.05, 3.63) is 96.3 Å². The van der Waals surface area contributed by atoms with Gasteiger partial charge in [0.15, 0.2) is 11.6 Å². The highest BCUT2D eigenvalue weighted by Gasteiger charge is 2.17. The van der Waals surface area contributed by atoms with Crippen LogP contribution in [0.25, 0.3) is 33.6 Å². The Morgan fingerprint density at radius 3 is 1.33 bits per heavy atom. The predicted molar refractivity (Wildman–Crippen MR) is 118 cm³/mol. The van der Waals surface area contributed by atoms with Crippen LogP contribution in [0, 0.1) is 0 Å². The van der Waals surface area contributed by atoms with Crippen molar-refractivity contribution in [1.82, 2.24) is 9.97 Å². The highest BCUT2D eigenvalue weighted by Crippen LogP contribution is 2.38. The monoisotopic (exact) mass is 392 g/mol. The van der Waals surface area contributed by atoms with Crippen LogP contribution in [-0.2, 0) is 0 Å². The van der Waals surface area contributed by atoms with Crippen LogP contribution in [0.4, 0.5) is 0 Å². The van der Waals surface area contributed by atoms with Gasteiger partial charge < -0.3 is 0 Å². The maximum atomic E-state index is 12.1. The number of carbonyl (C=O) groups is 2. The SMILES string of the molecule is CC(=O)c1ccc(-c2ccccn2)c(-c2cc(C(C)=O)ccc2-c2ccccn2)c1. The van der Waals surface area contributed by atoms with Gasteiger partial charge in [-0.15, -0.1) is 0 Å². The minimum atomic E-state index is -0.0223. The average molecular weight is 392 g/mol. The number of aromatic nitrogens is 2. The number of hydrogen-bond donors (Lipinski definition) is 0. The Morgan fingerprint density at radius 1 is 0.567 bits per heavy atom. The number of benzene rings is 2. The fraction of sp³-hybridized carbons (Fsp3) is 0.0769. The molecule has 0 fully saturated rings. The van der Waals surface area contributed by atoms with Crippen molar-refractivity contribution in [2.45, 2.75) is 13.8 Å². The molecule has 2 aromatic carbocycles. The molecule has 4 aromatic rings. The number of pyridine rings is 2. The Hall–Kier alpha value is -3.92. The highest BCUT2D eigenvalue weighted by molar-refractivity contribution is 6.01. The number of hydrogen-bond acceptors (Lipinski definition) is 4. The summed E-state index contributed by atoms with van der Waals surface area (Å²) < 4.78 is 0. The summed E-state index contributed by atoms with van der Waals surface area (Å²) in [6.07, 6.45) is 3.48. The molecule has 0 radical (unpaired) electrons. The van der Waals surface area contributed by atoms with Crippen LogP contribution in [0.3, 0.4) is 0 Å². The van der Waals surface area contributed by atoms with Crippen LogP contribution in [0.2, 0.25) is 0 Å². The molecule has 0 aliphatic carbocycles. The molecule has 0 aliphatic heterocycles. The molecule has 4 rings (SSSR count). The molecule has 2 heterocycles. The first-order valence-electron chi connectivity index (χ1n) is 9.68. The second-order valence-electron chi connectivity index (χ2n) is 7.06. The molecular weight excluding hydrogens is 372 g/mol. The zero-order valence-electron chi connectivity index (χ0n) is 16.8. The van der Waals surface area contributed by atoms with E-state index in [9.17, 15) is 9.59 Å². The van der Waals surface area contributed by atoms with E-state index in [0.29, 0.717) is 11.1 Å². The van der Waals surface area contributed by atoms with Crippen LogP contribution in [0.5, 0.6) is 0 Å². The van der Waals surface area contributed by atoms with Gasteiger partial charge in [0.25, 0.3) is 0 Å². The molecule has 30 heavy (non-hydrogen) atoms. The summed E-state index contributed by atoms with van der Waals surface area (Å²) in [5.74, 6) is -0.0446. The molecule has 0 atom stereocenters. The maximum Gasteiger partial charge on any atom is 0.159 e. The minimum Gasteiger partial charge on any atom is -0.295 e. The van der Waals surface area contributed by atoms with Gasteiger partial charge in [0.1, 0.15) is 0 Å². The molecule has 0 saturated carbocycles. The number of nitrogens with zero attached hydrogens (tertiary/aromatic N) is 2. The Balaban J connectivity index is 2.05. The molecule has 0 saturated heterocycles. The number of Topliss-reactive ketones (excluding diaryl/α,β-unsaturated/α-hetero) is 2. The van der Waals surface area contributed by atoms with Gasteiger partial charge in [-0.3, -0.25) is 19.6 Å². The third-order valence-electron chi connectivity index (χ3n) is 5.02. The quantitative estimate of drug-likeness (QED) is 0.398. The van der Waals surface area contributed by atoms with Crippen molar-refractivity contribution >= 4 is 11.6 Å². The first-order valence-corrected chi connectivity index (χ1v) is 9.68. The molecule has 0 unspecified atom stereocenters. The van der Waals surface area contributed by atoms with E-state index in [0.717, 1.165) is 33.6 Å². The first-order chi connectivity index (χ1) is 14.5. The van der Waals surface area contributed by atoms with Gasteiger partial charge in [-0.25, -0.2) is 0 Å². The minimum absolute atomic E-state index is 0.0223. The fourth-order valence-electron chi connectivity index (χ4n) is 3.46. The molecular formula is C26H20N2O2. The third-order valence-corrected chi connectivity index (χ3v) is 5.02. The summed E-state index contributed by atoms with van der Waals surface area (Å²) in [4.78, 5) is 33.3. The van der Waals surface area contributed by atoms with Gasteiger partial charge >= 0.3 is 0 Å². The molecule has 4 heteroatoms. The number of rotatable bonds is 5. The smallest absolute Gasteiger partial charge is 0.159 e. The zero-order valence-corrected chi connectivity index (χ0v) is 16.8. The normalized spacial score (nSPS) is 10.6. The summed E-state index contributed by atoms with van der Waals surface area (Å²) in [6.45, 7) is 3.09. The lowest BCUT2D eigenvalue weighted by Crippen LogP contribution is -1.99. The van der Waals surface area contributed by atoms with Crippen molar-refractivity contribution < 1.29 is 9.59 Å². The van der Waals surface area contributed by atoms with Gasteiger partial charge in [-0.05, 0) is 61.4 Å². The van der Waals surface area contributed by atoms with Gasteiger partial charge in [-0.1, -0.05) is 36.4 Å². The Morgan fingerprint density at radius 2 is 1.00 bits per heavy atom. The standard InChI is InChI=1S/C26H20N2O2/c1-17(29)19-9-11-21(25-7-3-5-13-27-25)23(15-19)24-16-20(18(2)30)10-12-22(24)26-8-4-6-14-28-26/h3-16H,1-2H3. The second-order valence-corrected chi connectivity index (χ2v) is 7.06. The fourth-order valence-corrected chi connectivity index (χ4v) is 3.46. The summed E-state index contributed by atoms with van der Waals surface area (Å²) in [6, 6.07) is 22.6. The molecule has 0 aliphatic rings. The molecule has 0 N–H and O–H groups in total. The van der Waals surface area contributed by atoms with E-state index in [4.69, 9.17) is 0 Å². The van der Waals surface area contributed by atoms with Gasteiger partial charge in [0.2, 0.25) is 0 Å². The van der Waals surface area contributed by atoms with Crippen molar-refractivity contribution in [3.8, 4) is 33.6 Å². The first kappa shape index (κ1) is 19.4. The largest absolute Gasteiger partial charge is 0.295 e. The molecule has 0 amide bonds. The third kappa shape index (κ3) is 3.80. The van der Waals surface area contributed by atoms with E-state index >= 15 is 0 Å². The van der Waals surface area contributed by atoms with Crippen molar-refractivity contribution in [2.24, 2.45) is 0 Å². The van der Waals surface area contributed by atoms with E-state index in [1.54, 1.807) is 26.2 Å². The average Bonchev–Trinajstić information content (AvgIpc) is 2.79. The summed E-state index contributed by atoms with van der Waals surface area (Å²) in [5, 5.41) is 0. The van der Waals surface area contributed by atoms with Crippen LogP contribution in [0.15, 0.2) is 85.2 Å². The number of ketones is 2. The highest BCUT2D eigenvalue weighted by atomic mass is 16.1. The Labute approximate surface area is 175 Å². The summed E-state index contributed by atoms with van der Waals surface area (Å²) in [7, 11) is 0. The predicted octanol–water partition coefficient (Wildman–Crippen LogP) is 5.88. The van der Waals surface area contributed by atoms with Crippen LogP contribution < -0.4 is 0 Å². The summed E-state index contributed by atoms with van der Waals surface area (Å²) >= 11 is 0. The van der Waals surface area contributed by atoms with E-state index in [-0.39, 0.29) is 11.6 Å².